The van der Waals surface area contributed by atoms with E-state index in [1.54, 1.807) is 0 Å². The number of nitrogens with zero attached hydrogens (tertiary/aromatic N) is 2. The summed E-state index contributed by atoms with van der Waals surface area (Å²) in [6.45, 7) is 2.71. The van der Waals surface area contributed by atoms with Crippen LogP contribution in [-0.2, 0) is 16.6 Å². The first kappa shape index (κ1) is 18.7. The molecule has 0 N–H and O–H groups in total. The lowest BCUT2D eigenvalue weighted by molar-refractivity contribution is 0.287. The third-order valence-electron chi connectivity index (χ3n) is 4.62. The van der Waals surface area contributed by atoms with Crippen LogP contribution in [0.2, 0.25) is 0 Å². The number of sulfonamides is 1. The topological polar surface area (TPSA) is 59.4 Å². The lowest BCUT2D eigenvalue weighted by atomic mass is 10.0. The zero-order chi connectivity index (χ0) is 18.9. The number of pyridine rings is 1. The Hall–Kier alpha value is -2.06. The van der Waals surface area contributed by atoms with Crippen LogP contribution in [-0.4, -0.2) is 30.4 Å². The zero-order valence-electron chi connectivity index (χ0n) is 14.4. The maximum atomic E-state index is 13.3. The number of hydrogen-bond acceptors (Lipinski definition) is 3. The van der Waals surface area contributed by atoms with Gasteiger partial charge in [0.05, 0.1) is 6.54 Å². The number of hydrogen-bond donors (Lipinski definition) is 0. The minimum atomic E-state index is -3.90. The van der Waals surface area contributed by atoms with Crippen molar-refractivity contribution in [2.75, 3.05) is 13.1 Å². The van der Waals surface area contributed by atoms with Gasteiger partial charge >= 0.3 is 0 Å². The quantitative estimate of drug-likeness (QED) is 0.817. The molecule has 0 aliphatic carbocycles. The monoisotopic (exact) mass is 382 g/mol. The minimum Gasteiger partial charge on any atom is -0.310 e. The molecule has 1 aromatic carbocycles. The van der Waals surface area contributed by atoms with Crippen molar-refractivity contribution in [1.82, 2.24) is 8.87 Å². The molecular weight excluding hydrogens is 362 g/mol. The van der Waals surface area contributed by atoms with Crippen LogP contribution in [0.15, 0.2) is 46.2 Å². The molecule has 140 valence electrons. The summed E-state index contributed by atoms with van der Waals surface area (Å²) in [6.07, 6.45) is 2.91. The van der Waals surface area contributed by atoms with Crippen LogP contribution < -0.4 is 5.56 Å². The first-order valence-electron chi connectivity index (χ1n) is 8.42. The van der Waals surface area contributed by atoms with Crippen LogP contribution in [0.3, 0.4) is 0 Å². The lowest BCUT2D eigenvalue weighted by Crippen LogP contribution is -2.40. The van der Waals surface area contributed by atoms with Gasteiger partial charge in [-0.2, -0.15) is 4.31 Å². The van der Waals surface area contributed by atoms with Gasteiger partial charge in [-0.3, -0.25) is 4.79 Å². The van der Waals surface area contributed by atoms with E-state index in [2.05, 4.69) is 6.92 Å². The number of benzene rings is 1. The largest absolute Gasteiger partial charge is 0.310 e. The molecule has 1 fully saturated rings. The highest BCUT2D eigenvalue weighted by molar-refractivity contribution is 7.89. The van der Waals surface area contributed by atoms with Crippen LogP contribution >= 0.6 is 0 Å². The maximum absolute atomic E-state index is 13.3. The number of aromatic nitrogens is 1. The van der Waals surface area contributed by atoms with Crippen molar-refractivity contribution in [3.8, 4) is 0 Å². The van der Waals surface area contributed by atoms with Gasteiger partial charge in [0, 0.05) is 25.4 Å². The Balaban J connectivity index is 1.93. The lowest BCUT2D eigenvalue weighted by Gasteiger charge is -2.29. The van der Waals surface area contributed by atoms with Gasteiger partial charge in [-0.15, -0.1) is 0 Å². The highest BCUT2D eigenvalue weighted by Gasteiger charge is 2.30. The zero-order valence-corrected chi connectivity index (χ0v) is 15.2. The second-order valence-corrected chi connectivity index (χ2v) is 8.58. The first-order valence-corrected chi connectivity index (χ1v) is 9.86. The van der Waals surface area contributed by atoms with E-state index in [1.165, 1.54) is 22.6 Å². The molecule has 1 saturated heterocycles. The van der Waals surface area contributed by atoms with Crippen molar-refractivity contribution < 1.29 is 17.2 Å². The van der Waals surface area contributed by atoms with Crippen LogP contribution in [0.5, 0.6) is 0 Å². The summed E-state index contributed by atoms with van der Waals surface area (Å²) in [5.74, 6) is -1.05. The fourth-order valence-corrected chi connectivity index (χ4v) is 4.66. The summed E-state index contributed by atoms with van der Waals surface area (Å²) in [6, 6.07) is 5.70. The average molecular weight is 382 g/mol. The Morgan fingerprint density at radius 3 is 2.35 bits per heavy atom. The second kappa shape index (κ2) is 7.28. The Bertz CT molecular complexity index is 944. The summed E-state index contributed by atoms with van der Waals surface area (Å²) in [5.41, 5.74) is -0.457. The van der Waals surface area contributed by atoms with Crippen LogP contribution in [0.4, 0.5) is 8.78 Å². The van der Waals surface area contributed by atoms with Crippen molar-refractivity contribution in [3.63, 3.8) is 0 Å². The van der Waals surface area contributed by atoms with Crippen LogP contribution in [0, 0.1) is 17.6 Å². The van der Waals surface area contributed by atoms with E-state index in [-0.39, 0.29) is 17.0 Å². The smallest absolute Gasteiger partial charge is 0.271 e. The molecule has 0 saturated carbocycles. The van der Waals surface area contributed by atoms with Crippen LogP contribution in [0.1, 0.15) is 25.3 Å². The molecule has 0 bridgehead atoms. The first-order chi connectivity index (χ1) is 12.3. The molecular formula is C18H20F2N2O3S. The molecule has 3 rings (SSSR count). The average Bonchev–Trinajstić information content (AvgIpc) is 2.56. The highest BCUT2D eigenvalue weighted by Crippen LogP contribution is 2.22. The molecule has 2 heterocycles. The Morgan fingerprint density at radius 2 is 1.73 bits per heavy atom. The van der Waals surface area contributed by atoms with Crippen molar-refractivity contribution in [2.45, 2.75) is 31.2 Å². The fraction of sp³-hybridized carbons (Fsp3) is 0.389. The van der Waals surface area contributed by atoms with Gasteiger partial charge in [-0.05, 0) is 48.6 Å². The normalized spacial score (nSPS) is 16.7. The molecule has 0 radical (unpaired) electrons. The van der Waals surface area contributed by atoms with Crippen molar-refractivity contribution in [1.29, 1.82) is 0 Å². The molecule has 1 aliphatic heterocycles. The van der Waals surface area contributed by atoms with E-state index in [0.29, 0.717) is 19.0 Å². The summed E-state index contributed by atoms with van der Waals surface area (Å²) >= 11 is 0. The molecule has 0 unspecified atom stereocenters. The standard InChI is InChI=1S/C18H20F2N2O3S/c1-13-4-7-22(8-5-13)26(24,25)17-3-2-6-21(18(17)23)12-14-9-15(19)11-16(20)10-14/h2-3,6,9-11,13H,4-5,7-8,12H2,1H3. The van der Waals surface area contributed by atoms with E-state index in [9.17, 15) is 22.0 Å². The van der Waals surface area contributed by atoms with E-state index in [1.807, 2.05) is 0 Å². The number of halogens is 2. The Kier molecular flexibility index (Phi) is 5.24. The van der Waals surface area contributed by atoms with Crippen molar-refractivity contribution in [3.05, 3.63) is 64.1 Å². The van der Waals surface area contributed by atoms with Crippen LogP contribution in [0.25, 0.3) is 0 Å². The van der Waals surface area contributed by atoms with Crippen molar-refractivity contribution in [2.24, 2.45) is 5.92 Å². The molecule has 1 aromatic heterocycles. The predicted octanol–water partition coefficient (Wildman–Crippen LogP) is 2.60. The summed E-state index contributed by atoms with van der Waals surface area (Å²) < 4.78 is 54.8. The Labute approximate surface area is 150 Å². The highest BCUT2D eigenvalue weighted by atomic mass is 32.2. The molecule has 5 nitrogen and oxygen atoms in total. The molecule has 0 spiro atoms. The van der Waals surface area contributed by atoms with Gasteiger partial charge in [0.25, 0.3) is 5.56 Å². The fourth-order valence-electron chi connectivity index (χ4n) is 3.10. The van der Waals surface area contributed by atoms with Gasteiger partial charge in [0.2, 0.25) is 10.0 Å². The predicted molar refractivity (Wildman–Crippen MR) is 93.3 cm³/mol. The molecule has 0 atom stereocenters. The summed E-state index contributed by atoms with van der Waals surface area (Å²) in [4.78, 5) is 12.4. The molecule has 2 aromatic rings. The van der Waals surface area contributed by atoms with Crippen molar-refractivity contribution >= 4 is 10.0 Å². The second-order valence-electron chi connectivity index (χ2n) is 6.67. The van der Waals surface area contributed by atoms with E-state index < -0.39 is 27.2 Å². The SMILES string of the molecule is CC1CCN(S(=O)(=O)c2cccn(Cc3cc(F)cc(F)c3)c2=O)CC1. The summed E-state index contributed by atoms with van der Waals surface area (Å²) in [5, 5.41) is 0. The van der Waals surface area contributed by atoms with Gasteiger partial charge in [-0.1, -0.05) is 6.92 Å². The number of piperidine rings is 1. The van der Waals surface area contributed by atoms with Gasteiger partial charge in [-0.25, -0.2) is 17.2 Å². The van der Waals surface area contributed by atoms with E-state index in [4.69, 9.17) is 0 Å². The maximum Gasteiger partial charge on any atom is 0.271 e. The third kappa shape index (κ3) is 3.86. The van der Waals surface area contributed by atoms with E-state index >= 15 is 0 Å². The third-order valence-corrected chi connectivity index (χ3v) is 6.53. The molecule has 0 amide bonds. The summed E-state index contributed by atoms with van der Waals surface area (Å²) in [7, 11) is -3.90. The van der Waals surface area contributed by atoms with Gasteiger partial charge in [0.15, 0.2) is 0 Å². The van der Waals surface area contributed by atoms with Gasteiger partial charge < -0.3 is 4.57 Å². The van der Waals surface area contributed by atoms with Gasteiger partial charge in [0.1, 0.15) is 16.5 Å². The molecule has 26 heavy (non-hydrogen) atoms. The molecule has 8 heteroatoms. The minimum absolute atomic E-state index is 0.117. The molecule has 1 aliphatic rings. The number of rotatable bonds is 4. The van der Waals surface area contributed by atoms with E-state index in [0.717, 1.165) is 35.6 Å². The Morgan fingerprint density at radius 1 is 1.12 bits per heavy atom.